The fraction of sp³-hybridized carbons (Fsp3) is 0.467. The Morgan fingerprint density at radius 1 is 1.21 bits per heavy atom. The SMILES string of the molecule is CC[C@@]1(OC(C)C)C(=O)OCc2c1cc1n(c2=O)Cc2cc3c(CCN(C(C)=O)C(C)C)cccc3nc2-1. The molecular weight excluding hydrogens is 482 g/mol. The van der Waals surface area contributed by atoms with Crippen LogP contribution in [0.3, 0.4) is 0 Å². The predicted molar refractivity (Wildman–Crippen MR) is 145 cm³/mol. The molecule has 2 aliphatic rings. The number of nitrogens with zero attached hydrogens (tertiary/aromatic N) is 3. The highest BCUT2D eigenvalue weighted by atomic mass is 16.6. The van der Waals surface area contributed by atoms with Gasteiger partial charge in [0, 0.05) is 36.0 Å². The Labute approximate surface area is 222 Å². The van der Waals surface area contributed by atoms with Crippen molar-refractivity contribution in [2.45, 2.75) is 85.3 Å². The van der Waals surface area contributed by atoms with Crippen LogP contribution in [0, 0.1) is 0 Å². The number of aromatic nitrogens is 2. The monoisotopic (exact) mass is 517 g/mol. The van der Waals surface area contributed by atoms with Gasteiger partial charge in [0.2, 0.25) is 5.91 Å². The van der Waals surface area contributed by atoms with Crippen LogP contribution in [0.15, 0.2) is 35.1 Å². The van der Waals surface area contributed by atoms with E-state index < -0.39 is 11.6 Å². The summed E-state index contributed by atoms with van der Waals surface area (Å²) in [5.41, 5.74) is 3.90. The lowest BCUT2D eigenvalue weighted by molar-refractivity contribution is -0.187. The van der Waals surface area contributed by atoms with Crippen LogP contribution in [0.4, 0.5) is 0 Å². The molecule has 2 aromatic heterocycles. The van der Waals surface area contributed by atoms with Gasteiger partial charge in [-0.05, 0) is 64.3 Å². The zero-order chi connectivity index (χ0) is 27.4. The number of pyridine rings is 2. The molecule has 5 rings (SSSR count). The highest BCUT2D eigenvalue weighted by Gasteiger charge is 2.48. The zero-order valence-electron chi connectivity index (χ0n) is 23.0. The first-order valence-corrected chi connectivity index (χ1v) is 13.4. The maximum Gasteiger partial charge on any atom is 0.343 e. The normalized spacial score (nSPS) is 17.9. The van der Waals surface area contributed by atoms with Crippen molar-refractivity contribution < 1.29 is 19.1 Å². The van der Waals surface area contributed by atoms with E-state index in [1.54, 1.807) is 11.5 Å². The molecule has 1 atom stereocenters. The van der Waals surface area contributed by atoms with Crippen molar-refractivity contribution in [1.82, 2.24) is 14.5 Å². The van der Waals surface area contributed by atoms with Crippen molar-refractivity contribution in [2.24, 2.45) is 0 Å². The maximum atomic E-state index is 13.7. The number of rotatable bonds is 7. The Kier molecular flexibility index (Phi) is 6.63. The number of cyclic esters (lactones) is 1. The van der Waals surface area contributed by atoms with E-state index in [0.717, 1.165) is 27.7 Å². The van der Waals surface area contributed by atoms with Crippen LogP contribution in [0.2, 0.25) is 0 Å². The number of hydrogen-bond acceptors (Lipinski definition) is 6. The molecule has 0 N–H and O–H groups in total. The summed E-state index contributed by atoms with van der Waals surface area (Å²) in [5, 5.41) is 1.02. The van der Waals surface area contributed by atoms with Gasteiger partial charge in [-0.25, -0.2) is 9.78 Å². The van der Waals surface area contributed by atoms with Gasteiger partial charge in [0.15, 0.2) is 5.60 Å². The molecule has 0 fully saturated rings. The Balaban J connectivity index is 1.60. The van der Waals surface area contributed by atoms with E-state index in [2.05, 4.69) is 12.1 Å². The molecule has 4 heterocycles. The maximum absolute atomic E-state index is 13.7. The van der Waals surface area contributed by atoms with Gasteiger partial charge < -0.3 is 18.9 Å². The van der Waals surface area contributed by atoms with Gasteiger partial charge in [-0.15, -0.1) is 0 Å². The molecule has 0 spiro atoms. The van der Waals surface area contributed by atoms with Crippen molar-refractivity contribution in [3.63, 3.8) is 0 Å². The highest BCUT2D eigenvalue weighted by molar-refractivity contribution is 5.88. The second-order valence-electron chi connectivity index (χ2n) is 10.8. The molecule has 8 nitrogen and oxygen atoms in total. The smallest absolute Gasteiger partial charge is 0.343 e. The van der Waals surface area contributed by atoms with Crippen molar-refractivity contribution in [1.29, 1.82) is 0 Å². The van der Waals surface area contributed by atoms with E-state index in [4.69, 9.17) is 14.5 Å². The third kappa shape index (κ3) is 4.11. The predicted octanol–water partition coefficient (Wildman–Crippen LogP) is 4.31. The van der Waals surface area contributed by atoms with Crippen LogP contribution in [0.1, 0.15) is 70.2 Å². The Morgan fingerprint density at radius 2 is 1.97 bits per heavy atom. The van der Waals surface area contributed by atoms with Crippen LogP contribution >= 0.6 is 0 Å². The summed E-state index contributed by atoms with van der Waals surface area (Å²) in [6, 6.07) is 10.2. The van der Waals surface area contributed by atoms with Crippen molar-refractivity contribution >= 4 is 22.8 Å². The standard InChI is InChI=1S/C30H35N3O5/c1-7-30(38-18(4)5)24-14-26-27-21(15-33(26)28(35)23(24)16-37-29(30)36)13-22-20(9-8-10-25(22)31-27)11-12-32(17(2)3)19(6)34/h8-10,13-14,17-18H,7,11-12,15-16H2,1-6H3/t30-/m0/s1. The van der Waals surface area contributed by atoms with Crippen LogP contribution < -0.4 is 5.56 Å². The van der Waals surface area contributed by atoms with E-state index in [9.17, 15) is 14.4 Å². The molecule has 3 aromatic rings. The number of hydrogen-bond donors (Lipinski definition) is 0. The first-order valence-electron chi connectivity index (χ1n) is 13.4. The van der Waals surface area contributed by atoms with Crippen molar-refractivity contribution in [3.8, 4) is 11.4 Å². The van der Waals surface area contributed by atoms with Crippen molar-refractivity contribution in [2.75, 3.05) is 6.54 Å². The number of fused-ring (bicyclic) bond motifs is 5. The molecule has 1 amide bonds. The second kappa shape index (κ2) is 9.66. The number of carbonyl (C=O) groups is 2. The molecule has 1 aromatic carbocycles. The minimum absolute atomic E-state index is 0.0603. The number of esters is 1. The summed E-state index contributed by atoms with van der Waals surface area (Å²) in [6.07, 6.45) is 0.836. The Morgan fingerprint density at radius 3 is 2.63 bits per heavy atom. The molecule has 0 saturated carbocycles. The number of benzene rings is 1. The van der Waals surface area contributed by atoms with Gasteiger partial charge in [0.1, 0.15) is 6.61 Å². The van der Waals surface area contributed by atoms with E-state index in [1.807, 2.05) is 57.7 Å². The Hall–Kier alpha value is -3.52. The molecular formula is C30H35N3O5. The third-order valence-electron chi connectivity index (χ3n) is 7.70. The number of ether oxygens (including phenoxy) is 2. The van der Waals surface area contributed by atoms with Crippen LogP contribution in [0.25, 0.3) is 22.3 Å². The second-order valence-corrected chi connectivity index (χ2v) is 10.8. The highest BCUT2D eigenvalue weighted by Crippen LogP contribution is 2.41. The van der Waals surface area contributed by atoms with E-state index >= 15 is 0 Å². The average Bonchev–Trinajstić information content (AvgIpc) is 3.22. The van der Waals surface area contributed by atoms with E-state index in [1.165, 1.54) is 0 Å². The summed E-state index contributed by atoms with van der Waals surface area (Å²) in [6.45, 7) is 12.2. The van der Waals surface area contributed by atoms with Crippen LogP contribution in [0.5, 0.6) is 0 Å². The lowest BCUT2D eigenvalue weighted by Crippen LogP contribution is -2.47. The number of amides is 1. The van der Waals surface area contributed by atoms with E-state index in [0.29, 0.717) is 42.8 Å². The lowest BCUT2D eigenvalue weighted by atomic mass is 9.85. The minimum Gasteiger partial charge on any atom is -0.458 e. The van der Waals surface area contributed by atoms with Crippen molar-refractivity contribution in [3.05, 3.63) is 62.9 Å². The van der Waals surface area contributed by atoms with Gasteiger partial charge in [-0.3, -0.25) is 9.59 Å². The van der Waals surface area contributed by atoms with Gasteiger partial charge in [0.25, 0.3) is 5.56 Å². The summed E-state index contributed by atoms with van der Waals surface area (Å²) >= 11 is 0. The fourth-order valence-electron chi connectivity index (χ4n) is 5.89. The summed E-state index contributed by atoms with van der Waals surface area (Å²) in [7, 11) is 0. The Bertz CT molecular complexity index is 1510. The lowest BCUT2D eigenvalue weighted by Gasteiger charge is -2.37. The molecule has 38 heavy (non-hydrogen) atoms. The quantitative estimate of drug-likeness (QED) is 0.339. The molecule has 200 valence electrons. The first-order chi connectivity index (χ1) is 18.1. The molecule has 0 saturated heterocycles. The summed E-state index contributed by atoms with van der Waals surface area (Å²) in [4.78, 5) is 45.6. The third-order valence-corrected chi connectivity index (χ3v) is 7.70. The molecule has 0 radical (unpaired) electrons. The topological polar surface area (TPSA) is 90.7 Å². The number of carbonyl (C=O) groups excluding carboxylic acids is 2. The van der Waals surface area contributed by atoms with E-state index in [-0.39, 0.29) is 30.2 Å². The average molecular weight is 518 g/mol. The van der Waals surface area contributed by atoms with Gasteiger partial charge in [-0.1, -0.05) is 19.1 Å². The van der Waals surface area contributed by atoms with Crippen LogP contribution in [-0.4, -0.2) is 45.0 Å². The van der Waals surface area contributed by atoms with Gasteiger partial charge in [0.05, 0.1) is 35.1 Å². The van der Waals surface area contributed by atoms with Gasteiger partial charge >= 0.3 is 5.97 Å². The molecule has 0 bridgehead atoms. The summed E-state index contributed by atoms with van der Waals surface area (Å²) in [5.74, 6) is -0.397. The molecule has 2 aliphatic heterocycles. The summed E-state index contributed by atoms with van der Waals surface area (Å²) < 4.78 is 13.4. The fourth-order valence-corrected chi connectivity index (χ4v) is 5.89. The molecule has 0 aliphatic carbocycles. The zero-order valence-corrected chi connectivity index (χ0v) is 23.0. The first kappa shape index (κ1) is 26.1. The minimum atomic E-state index is -1.32. The van der Waals surface area contributed by atoms with Crippen LogP contribution in [-0.2, 0) is 44.2 Å². The largest absolute Gasteiger partial charge is 0.458 e. The molecule has 8 heteroatoms. The van der Waals surface area contributed by atoms with Gasteiger partial charge in [-0.2, -0.15) is 0 Å². The molecule has 0 unspecified atom stereocenters.